The molecule has 1 unspecified atom stereocenters. The zero-order chi connectivity index (χ0) is 13.9. The second-order valence-corrected chi connectivity index (χ2v) is 4.83. The van der Waals surface area contributed by atoms with Gasteiger partial charge in [-0.3, -0.25) is 14.4 Å². The number of likely N-dealkylation sites (tertiary alicyclic amines) is 1. The van der Waals surface area contributed by atoms with Crippen molar-refractivity contribution in [1.29, 1.82) is 0 Å². The summed E-state index contributed by atoms with van der Waals surface area (Å²) >= 11 is 0. The van der Waals surface area contributed by atoms with Crippen LogP contribution in [0.2, 0.25) is 0 Å². The maximum Gasteiger partial charge on any atom is 0.318 e. The van der Waals surface area contributed by atoms with Gasteiger partial charge in [0.1, 0.15) is 11.5 Å². The third-order valence-corrected chi connectivity index (χ3v) is 2.80. The number of ether oxygens (including phenoxy) is 1. The summed E-state index contributed by atoms with van der Waals surface area (Å²) in [5, 5.41) is 9.64. The highest BCUT2D eigenvalue weighted by atomic mass is 16.5. The number of hydrogen-bond donors (Lipinski definition) is 1. The molecule has 1 aliphatic rings. The first kappa shape index (κ1) is 14.6. The first-order valence-corrected chi connectivity index (χ1v) is 5.98. The lowest BCUT2D eigenvalue weighted by Crippen LogP contribution is -2.53. The molecule has 0 aliphatic carbocycles. The Labute approximate surface area is 106 Å². The number of aliphatic hydroxyl groups is 1. The fourth-order valence-corrected chi connectivity index (χ4v) is 1.85. The zero-order valence-electron chi connectivity index (χ0n) is 10.9. The summed E-state index contributed by atoms with van der Waals surface area (Å²) in [5.74, 6) is -2.22. The van der Waals surface area contributed by atoms with Gasteiger partial charge in [0.15, 0.2) is 5.78 Å². The van der Waals surface area contributed by atoms with Crippen molar-refractivity contribution in [2.45, 2.75) is 32.8 Å². The molecular formula is C12H19NO5. The number of hydrogen-bond acceptors (Lipinski definition) is 5. The molecule has 1 atom stereocenters. The number of amides is 1. The van der Waals surface area contributed by atoms with Crippen LogP contribution in [-0.4, -0.2) is 53.0 Å². The summed E-state index contributed by atoms with van der Waals surface area (Å²) in [6, 6.07) is 0. The highest BCUT2D eigenvalue weighted by molar-refractivity contribution is 6.01. The Balaban J connectivity index is 2.75. The lowest BCUT2D eigenvalue weighted by Gasteiger charge is -2.34. The fraction of sp³-hybridized carbons (Fsp3) is 0.750. The van der Waals surface area contributed by atoms with Crippen molar-refractivity contribution in [2.24, 2.45) is 5.92 Å². The highest BCUT2D eigenvalue weighted by Crippen LogP contribution is 2.18. The molecule has 0 bridgehead atoms. The Morgan fingerprint density at radius 3 is 2.61 bits per heavy atom. The van der Waals surface area contributed by atoms with Gasteiger partial charge >= 0.3 is 5.97 Å². The Morgan fingerprint density at radius 2 is 2.11 bits per heavy atom. The number of piperidine rings is 1. The van der Waals surface area contributed by atoms with Crippen molar-refractivity contribution in [3.05, 3.63) is 0 Å². The van der Waals surface area contributed by atoms with Gasteiger partial charge in [-0.1, -0.05) is 0 Å². The zero-order valence-corrected chi connectivity index (χ0v) is 10.9. The number of ketones is 1. The van der Waals surface area contributed by atoms with E-state index in [1.54, 1.807) is 6.92 Å². The number of rotatable bonds is 3. The molecule has 6 nitrogen and oxygen atoms in total. The van der Waals surface area contributed by atoms with E-state index in [4.69, 9.17) is 4.74 Å². The van der Waals surface area contributed by atoms with Crippen LogP contribution in [0.3, 0.4) is 0 Å². The summed E-state index contributed by atoms with van der Waals surface area (Å²) in [4.78, 5) is 36.4. The SMILES string of the molecule is CCOC(=O)C1CN(C(=O)C(C)(C)O)CCC1=O. The summed E-state index contributed by atoms with van der Waals surface area (Å²) in [5.41, 5.74) is -1.50. The highest BCUT2D eigenvalue weighted by Gasteiger charge is 2.39. The molecule has 0 radical (unpaired) electrons. The van der Waals surface area contributed by atoms with Gasteiger partial charge in [0, 0.05) is 19.5 Å². The Morgan fingerprint density at radius 1 is 1.50 bits per heavy atom. The van der Waals surface area contributed by atoms with Crippen molar-refractivity contribution < 1.29 is 24.2 Å². The standard InChI is InChI=1S/C12H19NO5/c1-4-18-10(15)8-7-13(6-5-9(8)14)11(16)12(2,3)17/h8,17H,4-7H2,1-3H3. The van der Waals surface area contributed by atoms with Gasteiger partial charge in [0.25, 0.3) is 5.91 Å². The Hall–Kier alpha value is -1.43. The minimum absolute atomic E-state index is 0.0134. The number of esters is 1. The predicted molar refractivity (Wildman–Crippen MR) is 62.6 cm³/mol. The second-order valence-electron chi connectivity index (χ2n) is 4.83. The van der Waals surface area contributed by atoms with E-state index in [0.29, 0.717) is 0 Å². The third-order valence-electron chi connectivity index (χ3n) is 2.80. The molecule has 6 heteroatoms. The number of nitrogens with zero attached hydrogens (tertiary/aromatic N) is 1. The minimum Gasteiger partial charge on any atom is -0.465 e. The summed E-state index contributed by atoms with van der Waals surface area (Å²) in [6.45, 7) is 4.83. The maximum atomic E-state index is 11.9. The molecule has 1 fully saturated rings. The molecule has 1 heterocycles. The van der Waals surface area contributed by atoms with Crippen LogP contribution in [0.1, 0.15) is 27.2 Å². The lowest BCUT2D eigenvalue weighted by molar-refractivity contribution is -0.159. The van der Waals surface area contributed by atoms with E-state index >= 15 is 0 Å². The third kappa shape index (κ3) is 3.29. The van der Waals surface area contributed by atoms with Crippen LogP contribution in [0, 0.1) is 5.92 Å². The minimum atomic E-state index is -1.50. The van der Waals surface area contributed by atoms with Gasteiger partial charge in [-0.2, -0.15) is 0 Å². The quantitative estimate of drug-likeness (QED) is 0.556. The number of carbonyl (C=O) groups excluding carboxylic acids is 3. The van der Waals surface area contributed by atoms with E-state index in [2.05, 4.69) is 0 Å². The number of Topliss-reactive ketones (excluding diaryl/α,β-unsaturated/α-hetero) is 1. The van der Waals surface area contributed by atoms with Crippen LogP contribution < -0.4 is 0 Å². The molecule has 0 spiro atoms. The molecule has 18 heavy (non-hydrogen) atoms. The Bertz CT molecular complexity index is 358. The molecule has 102 valence electrons. The second kappa shape index (κ2) is 5.48. The molecule has 1 aliphatic heterocycles. The molecule has 0 saturated carbocycles. The molecule has 1 amide bonds. The topological polar surface area (TPSA) is 83.9 Å². The molecule has 0 aromatic heterocycles. The van der Waals surface area contributed by atoms with Crippen molar-refractivity contribution in [2.75, 3.05) is 19.7 Å². The first-order chi connectivity index (χ1) is 8.27. The fourth-order valence-electron chi connectivity index (χ4n) is 1.85. The molecule has 0 aromatic carbocycles. The van der Waals surface area contributed by atoms with Crippen LogP contribution in [0.25, 0.3) is 0 Å². The average molecular weight is 257 g/mol. The largest absolute Gasteiger partial charge is 0.465 e. The van der Waals surface area contributed by atoms with Crippen LogP contribution >= 0.6 is 0 Å². The van der Waals surface area contributed by atoms with Gasteiger partial charge in [0.2, 0.25) is 0 Å². The average Bonchev–Trinajstić information content (AvgIpc) is 2.27. The normalized spacial score (nSPS) is 20.8. The molecular weight excluding hydrogens is 238 g/mol. The first-order valence-electron chi connectivity index (χ1n) is 5.98. The van der Waals surface area contributed by atoms with E-state index in [-0.39, 0.29) is 31.9 Å². The summed E-state index contributed by atoms with van der Waals surface area (Å²) < 4.78 is 4.81. The lowest BCUT2D eigenvalue weighted by atomic mass is 9.95. The van der Waals surface area contributed by atoms with Gasteiger partial charge in [-0.05, 0) is 20.8 Å². The van der Waals surface area contributed by atoms with Crippen molar-refractivity contribution >= 4 is 17.7 Å². The maximum absolute atomic E-state index is 11.9. The van der Waals surface area contributed by atoms with Crippen LogP contribution in [0.15, 0.2) is 0 Å². The van der Waals surface area contributed by atoms with Crippen molar-refractivity contribution in [1.82, 2.24) is 4.90 Å². The monoisotopic (exact) mass is 257 g/mol. The van der Waals surface area contributed by atoms with Crippen molar-refractivity contribution in [3.8, 4) is 0 Å². The predicted octanol–water partition coefficient (Wildman–Crippen LogP) is -0.262. The summed E-state index contributed by atoms with van der Waals surface area (Å²) in [7, 11) is 0. The van der Waals surface area contributed by atoms with E-state index in [1.807, 2.05) is 0 Å². The van der Waals surface area contributed by atoms with Gasteiger partial charge in [0.05, 0.1) is 6.61 Å². The van der Waals surface area contributed by atoms with Crippen LogP contribution in [0.5, 0.6) is 0 Å². The van der Waals surface area contributed by atoms with Crippen LogP contribution in [-0.2, 0) is 19.1 Å². The van der Waals surface area contributed by atoms with E-state index in [9.17, 15) is 19.5 Å². The number of carbonyl (C=O) groups is 3. The van der Waals surface area contributed by atoms with Crippen molar-refractivity contribution in [3.63, 3.8) is 0 Å². The molecule has 1 saturated heterocycles. The smallest absolute Gasteiger partial charge is 0.318 e. The summed E-state index contributed by atoms with van der Waals surface area (Å²) in [6.07, 6.45) is 0.116. The van der Waals surface area contributed by atoms with Gasteiger partial charge in [-0.25, -0.2) is 0 Å². The van der Waals surface area contributed by atoms with Gasteiger partial charge < -0.3 is 14.7 Å². The molecule has 1 rings (SSSR count). The van der Waals surface area contributed by atoms with E-state index < -0.39 is 23.4 Å². The van der Waals surface area contributed by atoms with E-state index in [0.717, 1.165) is 0 Å². The van der Waals surface area contributed by atoms with Gasteiger partial charge in [-0.15, -0.1) is 0 Å². The molecule has 1 N–H and O–H groups in total. The van der Waals surface area contributed by atoms with Crippen LogP contribution in [0.4, 0.5) is 0 Å². The Kier molecular flexibility index (Phi) is 4.45. The molecule has 0 aromatic rings. The van der Waals surface area contributed by atoms with E-state index in [1.165, 1.54) is 18.7 Å².